The van der Waals surface area contributed by atoms with Gasteiger partial charge in [-0.2, -0.15) is 0 Å². The first-order chi connectivity index (χ1) is 14.2. The van der Waals surface area contributed by atoms with Crippen LogP contribution in [0.4, 0.5) is 0 Å². The number of morpholine rings is 1. The molecule has 0 atom stereocenters. The summed E-state index contributed by atoms with van der Waals surface area (Å²) in [5.41, 5.74) is 0. The molecule has 0 spiro atoms. The fraction of sp³-hybridized carbons (Fsp3) is 0.850. The zero-order valence-corrected chi connectivity index (χ0v) is 18.5. The van der Waals surface area contributed by atoms with Crippen molar-refractivity contribution in [1.29, 1.82) is 0 Å². The zero-order chi connectivity index (χ0) is 20.7. The van der Waals surface area contributed by atoms with Gasteiger partial charge in [-0.05, 0) is 32.7 Å². The summed E-state index contributed by atoms with van der Waals surface area (Å²) in [6, 6.07) is 0. The number of ether oxygens (including phenoxy) is 2. The number of aromatic nitrogens is 3. The highest BCUT2D eigenvalue weighted by Crippen LogP contribution is 2.00. The van der Waals surface area contributed by atoms with Crippen molar-refractivity contribution in [2.75, 3.05) is 59.2 Å². The van der Waals surface area contributed by atoms with E-state index in [1.54, 1.807) is 0 Å². The Bertz CT molecular complexity index is 585. The Labute approximate surface area is 175 Å². The van der Waals surface area contributed by atoms with Crippen molar-refractivity contribution < 1.29 is 9.47 Å². The smallest absolute Gasteiger partial charge is 0.191 e. The summed E-state index contributed by atoms with van der Waals surface area (Å²) in [5.74, 6) is 2.58. The first kappa shape index (κ1) is 23.6. The molecule has 1 aromatic rings. The van der Waals surface area contributed by atoms with Gasteiger partial charge >= 0.3 is 0 Å². The fourth-order valence-corrected chi connectivity index (χ4v) is 2.98. The SMILES string of the molecule is CCCCOCCCNC(=NCc1nnc(C)n1C)NCCCN1CCOCC1. The van der Waals surface area contributed by atoms with E-state index in [0.29, 0.717) is 6.54 Å². The lowest BCUT2D eigenvalue weighted by Crippen LogP contribution is -2.41. The van der Waals surface area contributed by atoms with Gasteiger partial charge < -0.3 is 24.7 Å². The molecule has 9 nitrogen and oxygen atoms in total. The lowest BCUT2D eigenvalue weighted by Gasteiger charge is -2.26. The van der Waals surface area contributed by atoms with Gasteiger partial charge in [0.25, 0.3) is 0 Å². The Morgan fingerprint density at radius 3 is 2.52 bits per heavy atom. The summed E-state index contributed by atoms with van der Waals surface area (Å²) in [6.07, 6.45) is 4.33. The van der Waals surface area contributed by atoms with E-state index in [1.807, 2.05) is 18.5 Å². The van der Waals surface area contributed by atoms with Crippen LogP contribution in [0.2, 0.25) is 0 Å². The first-order valence-corrected chi connectivity index (χ1v) is 11.0. The second-order valence-electron chi connectivity index (χ2n) is 7.37. The third kappa shape index (κ3) is 9.56. The largest absolute Gasteiger partial charge is 0.381 e. The zero-order valence-electron chi connectivity index (χ0n) is 18.5. The summed E-state index contributed by atoms with van der Waals surface area (Å²) in [4.78, 5) is 7.15. The van der Waals surface area contributed by atoms with Crippen molar-refractivity contribution >= 4 is 5.96 Å². The minimum atomic E-state index is 0.503. The van der Waals surface area contributed by atoms with E-state index in [9.17, 15) is 0 Å². The molecular weight excluding hydrogens is 370 g/mol. The number of unbranched alkanes of at least 4 members (excludes halogenated alkanes) is 1. The highest BCUT2D eigenvalue weighted by molar-refractivity contribution is 5.79. The molecule has 1 saturated heterocycles. The predicted molar refractivity (Wildman–Crippen MR) is 115 cm³/mol. The molecule has 2 rings (SSSR count). The Hall–Kier alpha value is -1.71. The molecule has 29 heavy (non-hydrogen) atoms. The van der Waals surface area contributed by atoms with Crippen LogP contribution < -0.4 is 10.6 Å². The summed E-state index contributed by atoms with van der Waals surface area (Å²) in [5, 5.41) is 15.2. The maximum Gasteiger partial charge on any atom is 0.191 e. The molecular formula is C20H39N7O2. The van der Waals surface area contributed by atoms with Crippen molar-refractivity contribution in [3.8, 4) is 0 Å². The van der Waals surface area contributed by atoms with Crippen LogP contribution in [0.15, 0.2) is 4.99 Å². The Kier molecular flexibility index (Phi) is 11.6. The van der Waals surface area contributed by atoms with Gasteiger partial charge in [-0.25, -0.2) is 4.99 Å². The first-order valence-electron chi connectivity index (χ1n) is 11.0. The third-order valence-corrected chi connectivity index (χ3v) is 5.01. The van der Waals surface area contributed by atoms with E-state index in [1.165, 1.54) is 6.42 Å². The number of aliphatic imine (C=N–C) groups is 1. The standard InChI is InChI=1S/C20H39N7O2/c1-4-5-13-28-14-7-9-22-20(23-17-19-25-24-18(2)26(19)3)21-8-6-10-27-11-15-29-16-12-27/h4-17H2,1-3H3,(H2,21,22,23). The van der Waals surface area contributed by atoms with Gasteiger partial charge in [-0.15, -0.1) is 10.2 Å². The maximum absolute atomic E-state index is 5.63. The number of guanidine groups is 1. The molecule has 2 N–H and O–H groups in total. The van der Waals surface area contributed by atoms with Crippen molar-refractivity contribution in [1.82, 2.24) is 30.3 Å². The van der Waals surface area contributed by atoms with Gasteiger partial charge in [0, 0.05) is 46.4 Å². The predicted octanol–water partition coefficient (Wildman–Crippen LogP) is 1.09. The van der Waals surface area contributed by atoms with Crippen LogP contribution in [-0.4, -0.2) is 84.8 Å². The number of aryl methyl sites for hydroxylation is 1. The van der Waals surface area contributed by atoms with Crippen LogP contribution in [0, 0.1) is 6.92 Å². The van der Waals surface area contributed by atoms with Crippen molar-refractivity contribution in [3.63, 3.8) is 0 Å². The topological polar surface area (TPSA) is 88.8 Å². The molecule has 0 aliphatic carbocycles. The quantitative estimate of drug-likeness (QED) is 0.286. The molecule has 0 unspecified atom stereocenters. The van der Waals surface area contributed by atoms with Crippen LogP contribution >= 0.6 is 0 Å². The third-order valence-electron chi connectivity index (χ3n) is 5.01. The monoisotopic (exact) mass is 409 g/mol. The van der Waals surface area contributed by atoms with Gasteiger partial charge in [0.05, 0.1) is 13.2 Å². The Balaban J connectivity index is 1.73. The summed E-state index contributed by atoms with van der Waals surface area (Å²) in [7, 11) is 1.97. The molecule has 1 aliphatic rings. The molecule has 0 amide bonds. The van der Waals surface area contributed by atoms with Crippen LogP contribution in [0.1, 0.15) is 44.3 Å². The number of nitrogens with zero attached hydrogens (tertiary/aromatic N) is 5. The van der Waals surface area contributed by atoms with Gasteiger partial charge in [0.2, 0.25) is 0 Å². The molecule has 1 fully saturated rings. The molecule has 2 heterocycles. The van der Waals surface area contributed by atoms with Crippen LogP contribution in [0.5, 0.6) is 0 Å². The number of hydrogen-bond donors (Lipinski definition) is 2. The number of nitrogens with one attached hydrogen (secondary N) is 2. The molecule has 0 saturated carbocycles. The maximum atomic E-state index is 5.63. The van der Waals surface area contributed by atoms with E-state index in [0.717, 1.165) is 96.0 Å². The van der Waals surface area contributed by atoms with Gasteiger partial charge in [0.15, 0.2) is 11.8 Å². The molecule has 9 heteroatoms. The molecule has 0 radical (unpaired) electrons. The average molecular weight is 410 g/mol. The van der Waals surface area contributed by atoms with E-state index < -0.39 is 0 Å². The van der Waals surface area contributed by atoms with E-state index in [2.05, 4.69) is 32.7 Å². The highest BCUT2D eigenvalue weighted by Gasteiger charge is 2.09. The van der Waals surface area contributed by atoms with Crippen LogP contribution in [-0.2, 0) is 23.1 Å². The normalized spacial score (nSPS) is 15.6. The molecule has 1 aromatic heterocycles. The summed E-state index contributed by atoms with van der Waals surface area (Å²) >= 11 is 0. The van der Waals surface area contributed by atoms with E-state index in [-0.39, 0.29) is 0 Å². The lowest BCUT2D eigenvalue weighted by atomic mass is 10.3. The van der Waals surface area contributed by atoms with Crippen LogP contribution in [0.3, 0.4) is 0 Å². The fourth-order valence-electron chi connectivity index (χ4n) is 2.98. The van der Waals surface area contributed by atoms with Gasteiger partial charge in [-0.3, -0.25) is 4.90 Å². The van der Waals surface area contributed by atoms with Crippen LogP contribution in [0.25, 0.3) is 0 Å². The highest BCUT2D eigenvalue weighted by atomic mass is 16.5. The molecule has 0 bridgehead atoms. The lowest BCUT2D eigenvalue weighted by molar-refractivity contribution is 0.0376. The minimum absolute atomic E-state index is 0.503. The molecule has 166 valence electrons. The van der Waals surface area contributed by atoms with Gasteiger partial charge in [0.1, 0.15) is 12.4 Å². The van der Waals surface area contributed by atoms with Gasteiger partial charge in [-0.1, -0.05) is 13.3 Å². The minimum Gasteiger partial charge on any atom is -0.381 e. The Morgan fingerprint density at radius 2 is 1.83 bits per heavy atom. The average Bonchev–Trinajstić information content (AvgIpc) is 3.06. The summed E-state index contributed by atoms with van der Waals surface area (Å²) in [6.45, 7) is 12.8. The van der Waals surface area contributed by atoms with E-state index in [4.69, 9.17) is 14.5 Å². The molecule has 1 aliphatic heterocycles. The molecule has 0 aromatic carbocycles. The van der Waals surface area contributed by atoms with Crippen molar-refractivity contribution in [2.45, 2.75) is 46.1 Å². The Morgan fingerprint density at radius 1 is 1.10 bits per heavy atom. The second-order valence-corrected chi connectivity index (χ2v) is 7.37. The van der Waals surface area contributed by atoms with Crippen molar-refractivity contribution in [2.24, 2.45) is 12.0 Å². The number of rotatable bonds is 13. The number of hydrogen-bond acceptors (Lipinski definition) is 6. The summed E-state index contributed by atoms with van der Waals surface area (Å²) < 4.78 is 13.0. The van der Waals surface area contributed by atoms with E-state index >= 15 is 0 Å². The van der Waals surface area contributed by atoms with Crippen molar-refractivity contribution in [3.05, 3.63) is 11.6 Å². The second kappa shape index (κ2) is 14.3.